The van der Waals surface area contributed by atoms with Gasteiger partial charge in [-0.1, -0.05) is 16.8 Å². The summed E-state index contributed by atoms with van der Waals surface area (Å²) in [5, 5.41) is 7.06. The van der Waals surface area contributed by atoms with E-state index >= 15 is 0 Å². The minimum absolute atomic E-state index is 0.0170. The highest BCUT2D eigenvalue weighted by atomic mass is 35.5. The SMILES string of the molecule is CC(C)NC(=O)c1nc(-c2ccc(Cl)cc2)no1. The molecule has 0 bridgehead atoms. The van der Waals surface area contributed by atoms with Gasteiger partial charge in [-0.15, -0.1) is 0 Å². The normalized spacial score (nSPS) is 10.7. The highest BCUT2D eigenvalue weighted by Crippen LogP contribution is 2.18. The van der Waals surface area contributed by atoms with Crippen LogP contribution < -0.4 is 5.32 Å². The third-order valence-electron chi connectivity index (χ3n) is 2.14. The summed E-state index contributed by atoms with van der Waals surface area (Å²) in [6.07, 6.45) is 0. The summed E-state index contributed by atoms with van der Waals surface area (Å²) in [6, 6.07) is 6.99. The van der Waals surface area contributed by atoms with Crippen molar-refractivity contribution in [2.24, 2.45) is 0 Å². The zero-order valence-electron chi connectivity index (χ0n) is 9.98. The van der Waals surface area contributed by atoms with Crippen molar-refractivity contribution < 1.29 is 9.32 Å². The molecule has 0 atom stereocenters. The Balaban J connectivity index is 2.20. The molecule has 0 saturated carbocycles. The van der Waals surface area contributed by atoms with Crippen LogP contribution in [0.15, 0.2) is 28.8 Å². The van der Waals surface area contributed by atoms with Crippen molar-refractivity contribution in [3.63, 3.8) is 0 Å². The van der Waals surface area contributed by atoms with Crippen molar-refractivity contribution in [2.75, 3.05) is 0 Å². The van der Waals surface area contributed by atoms with Gasteiger partial charge in [0.15, 0.2) is 0 Å². The summed E-state index contributed by atoms with van der Waals surface area (Å²) in [5.74, 6) is -0.0630. The summed E-state index contributed by atoms with van der Waals surface area (Å²) >= 11 is 5.78. The fraction of sp³-hybridized carbons (Fsp3) is 0.250. The number of carbonyl (C=O) groups is 1. The zero-order chi connectivity index (χ0) is 13.1. The standard InChI is InChI=1S/C12H12ClN3O2/c1-7(2)14-11(17)12-15-10(16-18-12)8-3-5-9(13)6-4-8/h3-7H,1-2H3,(H,14,17). The Morgan fingerprint density at radius 3 is 2.61 bits per heavy atom. The van der Waals surface area contributed by atoms with Crippen molar-refractivity contribution in [1.29, 1.82) is 0 Å². The number of nitrogens with zero attached hydrogens (tertiary/aromatic N) is 2. The first-order chi connectivity index (χ1) is 8.56. The lowest BCUT2D eigenvalue weighted by Gasteiger charge is -2.03. The van der Waals surface area contributed by atoms with Crippen LogP contribution in [0.1, 0.15) is 24.5 Å². The molecule has 0 fully saturated rings. The number of rotatable bonds is 3. The van der Waals surface area contributed by atoms with E-state index in [1.807, 2.05) is 13.8 Å². The van der Waals surface area contributed by atoms with Crippen LogP contribution in [0.5, 0.6) is 0 Å². The number of benzene rings is 1. The molecule has 5 nitrogen and oxygen atoms in total. The van der Waals surface area contributed by atoms with Crippen LogP contribution in [-0.4, -0.2) is 22.1 Å². The monoisotopic (exact) mass is 265 g/mol. The largest absolute Gasteiger partial charge is 0.346 e. The predicted molar refractivity (Wildman–Crippen MR) is 67.3 cm³/mol. The maximum atomic E-state index is 11.6. The Labute approximate surface area is 109 Å². The van der Waals surface area contributed by atoms with Crippen LogP contribution in [0.2, 0.25) is 5.02 Å². The van der Waals surface area contributed by atoms with Gasteiger partial charge < -0.3 is 9.84 Å². The topological polar surface area (TPSA) is 68.0 Å². The van der Waals surface area contributed by atoms with Crippen LogP contribution in [0.3, 0.4) is 0 Å². The van der Waals surface area contributed by atoms with Crippen LogP contribution in [0.25, 0.3) is 11.4 Å². The summed E-state index contributed by atoms with van der Waals surface area (Å²) < 4.78 is 4.91. The van der Waals surface area contributed by atoms with E-state index in [2.05, 4.69) is 15.5 Å². The Morgan fingerprint density at radius 2 is 2.00 bits per heavy atom. The quantitative estimate of drug-likeness (QED) is 0.926. The van der Waals surface area contributed by atoms with Crippen LogP contribution in [0.4, 0.5) is 0 Å². The number of carbonyl (C=O) groups excluding carboxylic acids is 1. The molecule has 0 saturated heterocycles. The first-order valence-corrected chi connectivity index (χ1v) is 5.84. The number of hydrogen-bond donors (Lipinski definition) is 1. The highest BCUT2D eigenvalue weighted by molar-refractivity contribution is 6.30. The molecule has 0 aliphatic rings. The molecule has 0 unspecified atom stereocenters. The van der Waals surface area contributed by atoms with Crippen molar-refractivity contribution in [3.05, 3.63) is 35.2 Å². The summed E-state index contributed by atoms with van der Waals surface area (Å²) in [6.45, 7) is 3.71. The second kappa shape index (κ2) is 5.18. The molecule has 1 heterocycles. The molecule has 0 radical (unpaired) electrons. The fourth-order valence-electron chi connectivity index (χ4n) is 1.36. The third-order valence-corrected chi connectivity index (χ3v) is 2.39. The van der Waals surface area contributed by atoms with Crippen LogP contribution >= 0.6 is 11.6 Å². The van der Waals surface area contributed by atoms with Gasteiger partial charge in [-0.3, -0.25) is 4.79 Å². The van der Waals surface area contributed by atoms with Crippen LogP contribution in [-0.2, 0) is 0 Å². The summed E-state index contributed by atoms with van der Waals surface area (Å²) in [7, 11) is 0. The molecule has 94 valence electrons. The average molecular weight is 266 g/mol. The lowest BCUT2D eigenvalue weighted by Crippen LogP contribution is -2.30. The average Bonchev–Trinajstić information content (AvgIpc) is 2.78. The van der Waals surface area contributed by atoms with Crippen molar-refractivity contribution in [1.82, 2.24) is 15.5 Å². The molecular weight excluding hydrogens is 254 g/mol. The third kappa shape index (κ3) is 2.87. The second-order valence-corrected chi connectivity index (χ2v) is 4.49. The van der Waals surface area contributed by atoms with Crippen molar-refractivity contribution >= 4 is 17.5 Å². The van der Waals surface area contributed by atoms with E-state index in [1.54, 1.807) is 24.3 Å². The van der Waals surface area contributed by atoms with E-state index < -0.39 is 0 Å². The van der Waals surface area contributed by atoms with Gasteiger partial charge >= 0.3 is 11.8 Å². The van der Waals surface area contributed by atoms with Gasteiger partial charge in [0.25, 0.3) is 0 Å². The Kier molecular flexibility index (Phi) is 3.62. The van der Waals surface area contributed by atoms with Gasteiger partial charge in [0.05, 0.1) is 0 Å². The second-order valence-electron chi connectivity index (χ2n) is 4.06. The molecule has 2 aromatic rings. The minimum atomic E-state index is -0.377. The van der Waals surface area contributed by atoms with E-state index in [4.69, 9.17) is 16.1 Å². The number of hydrogen-bond acceptors (Lipinski definition) is 4. The van der Waals surface area contributed by atoms with Gasteiger partial charge in [0.1, 0.15) is 0 Å². The Hall–Kier alpha value is -1.88. The Morgan fingerprint density at radius 1 is 1.33 bits per heavy atom. The molecule has 0 aliphatic heterocycles. The smallest absolute Gasteiger partial charge is 0.316 e. The molecule has 1 aromatic heterocycles. The first-order valence-electron chi connectivity index (χ1n) is 5.47. The van der Waals surface area contributed by atoms with Gasteiger partial charge in [0.2, 0.25) is 5.82 Å². The molecule has 1 amide bonds. The highest BCUT2D eigenvalue weighted by Gasteiger charge is 2.16. The molecule has 2 rings (SSSR count). The van der Waals surface area contributed by atoms with Crippen LogP contribution in [0, 0.1) is 0 Å². The molecule has 0 spiro atoms. The minimum Gasteiger partial charge on any atom is -0.346 e. The van der Waals surface area contributed by atoms with E-state index in [9.17, 15) is 4.79 Å². The van der Waals surface area contributed by atoms with Gasteiger partial charge in [-0.25, -0.2) is 0 Å². The Bertz CT molecular complexity index is 549. The molecule has 1 aromatic carbocycles. The van der Waals surface area contributed by atoms with E-state index in [0.717, 1.165) is 5.56 Å². The number of halogens is 1. The van der Waals surface area contributed by atoms with E-state index in [-0.39, 0.29) is 17.8 Å². The zero-order valence-corrected chi connectivity index (χ0v) is 10.7. The molecule has 0 aliphatic carbocycles. The molecule has 1 N–H and O–H groups in total. The molecular formula is C12H12ClN3O2. The molecule has 6 heteroatoms. The van der Waals surface area contributed by atoms with Gasteiger partial charge in [0, 0.05) is 16.6 Å². The van der Waals surface area contributed by atoms with E-state index in [0.29, 0.717) is 10.8 Å². The fourth-order valence-corrected chi connectivity index (χ4v) is 1.48. The molecule has 18 heavy (non-hydrogen) atoms. The maximum absolute atomic E-state index is 11.6. The van der Waals surface area contributed by atoms with Crippen molar-refractivity contribution in [3.8, 4) is 11.4 Å². The maximum Gasteiger partial charge on any atom is 0.316 e. The van der Waals surface area contributed by atoms with Gasteiger partial charge in [-0.05, 0) is 38.1 Å². The number of aromatic nitrogens is 2. The van der Waals surface area contributed by atoms with Crippen molar-refractivity contribution in [2.45, 2.75) is 19.9 Å². The first kappa shape index (κ1) is 12.6. The number of amides is 1. The van der Waals surface area contributed by atoms with Gasteiger partial charge in [-0.2, -0.15) is 4.98 Å². The predicted octanol–water partition coefficient (Wildman–Crippen LogP) is 2.53. The number of nitrogens with one attached hydrogen (secondary N) is 1. The lowest BCUT2D eigenvalue weighted by molar-refractivity contribution is 0.0899. The summed E-state index contributed by atoms with van der Waals surface area (Å²) in [4.78, 5) is 15.7. The van der Waals surface area contributed by atoms with E-state index in [1.165, 1.54) is 0 Å². The lowest BCUT2D eigenvalue weighted by atomic mass is 10.2. The summed E-state index contributed by atoms with van der Waals surface area (Å²) in [5.41, 5.74) is 0.742.